The van der Waals surface area contributed by atoms with Crippen LogP contribution in [0.5, 0.6) is 0 Å². The first-order valence-corrected chi connectivity index (χ1v) is 5.27. The summed E-state index contributed by atoms with van der Waals surface area (Å²) in [6.07, 6.45) is -3.76. The maximum absolute atomic E-state index is 13.4. The van der Waals surface area contributed by atoms with Crippen molar-refractivity contribution in [2.24, 2.45) is 0 Å². The monoisotopic (exact) mass is 276 g/mol. The quantitative estimate of drug-likeness (QED) is 0.625. The molecule has 4 nitrogen and oxygen atoms in total. The van der Waals surface area contributed by atoms with Crippen molar-refractivity contribution in [3.05, 3.63) is 35.5 Å². The van der Waals surface area contributed by atoms with Crippen LogP contribution in [0.3, 0.4) is 0 Å². The second kappa shape index (κ2) is 4.52. The third-order valence-electron chi connectivity index (χ3n) is 2.34. The molecule has 0 saturated heterocycles. The summed E-state index contributed by atoms with van der Waals surface area (Å²) in [6.45, 7) is 1.35. The molecule has 0 saturated carbocycles. The number of fused-ring (bicyclic) bond motifs is 1. The molecule has 2 aromatic heterocycles. The van der Waals surface area contributed by atoms with Gasteiger partial charge in [0.05, 0.1) is 6.61 Å². The van der Waals surface area contributed by atoms with Crippen LogP contribution in [0.15, 0.2) is 18.3 Å². The van der Waals surface area contributed by atoms with Crippen molar-refractivity contribution in [1.82, 2.24) is 9.38 Å². The van der Waals surface area contributed by atoms with Crippen LogP contribution in [-0.4, -0.2) is 22.0 Å². The van der Waals surface area contributed by atoms with Gasteiger partial charge in [0.15, 0.2) is 22.9 Å². The van der Waals surface area contributed by atoms with Gasteiger partial charge in [-0.25, -0.2) is 14.2 Å². The summed E-state index contributed by atoms with van der Waals surface area (Å²) in [5, 5.41) is 0. The molecule has 2 heterocycles. The standard InChI is InChI=1S/C11H8F4N2O2/c1-2-19-10(18)7-8(11(13,14)15)16-9-6(12)4-3-5-17(7)9/h3-5H,2H2,1H3. The maximum atomic E-state index is 13.4. The average molecular weight is 276 g/mol. The highest BCUT2D eigenvalue weighted by molar-refractivity contribution is 5.90. The van der Waals surface area contributed by atoms with E-state index in [0.717, 1.165) is 16.7 Å². The van der Waals surface area contributed by atoms with Crippen LogP contribution in [0.4, 0.5) is 17.6 Å². The van der Waals surface area contributed by atoms with E-state index in [9.17, 15) is 22.4 Å². The van der Waals surface area contributed by atoms with Gasteiger partial charge in [0.25, 0.3) is 0 Å². The van der Waals surface area contributed by atoms with E-state index in [1.807, 2.05) is 0 Å². The van der Waals surface area contributed by atoms with Gasteiger partial charge in [0.1, 0.15) is 0 Å². The Bertz CT molecular complexity index is 633. The summed E-state index contributed by atoms with van der Waals surface area (Å²) in [5.74, 6) is -2.16. The van der Waals surface area contributed by atoms with E-state index in [-0.39, 0.29) is 6.61 Å². The Kier molecular flexibility index (Phi) is 3.17. The van der Waals surface area contributed by atoms with Gasteiger partial charge in [0, 0.05) is 6.20 Å². The number of aromatic nitrogens is 2. The Balaban J connectivity index is 2.76. The highest BCUT2D eigenvalue weighted by Gasteiger charge is 2.41. The molecular weight excluding hydrogens is 268 g/mol. The molecule has 0 bridgehead atoms. The second-order valence-corrected chi connectivity index (χ2v) is 3.58. The summed E-state index contributed by atoms with van der Waals surface area (Å²) in [6, 6.07) is 2.13. The predicted octanol–water partition coefficient (Wildman–Crippen LogP) is 2.67. The van der Waals surface area contributed by atoms with Gasteiger partial charge in [-0.2, -0.15) is 13.2 Å². The molecule has 0 amide bonds. The van der Waals surface area contributed by atoms with Crippen molar-refractivity contribution in [2.75, 3.05) is 6.61 Å². The van der Waals surface area contributed by atoms with Crippen LogP contribution in [0.1, 0.15) is 23.1 Å². The Morgan fingerprint density at radius 1 is 1.47 bits per heavy atom. The van der Waals surface area contributed by atoms with Crippen LogP contribution in [0, 0.1) is 5.82 Å². The largest absolute Gasteiger partial charge is 0.461 e. The molecular formula is C11H8F4N2O2. The van der Waals surface area contributed by atoms with Crippen LogP contribution in [0.25, 0.3) is 5.65 Å². The van der Waals surface area contributed by atoms with Gasteiger partial charge in [-0.3, -0.25) is 4.40 Å². The fraction of sp³-hybridized carbons (Fsp3) is 0.273. The number of carbonyl (C=O) groups excluding carboxylic acids is 1. The summed E-state index contributed by atoms with van der Waals surface area (Å²) >= 11 is 0. The minimum Gasteiger partial charge on any atom is -0.461 e. The average Bonchev–Trinajstić information content (AvgIpc) is 2.70. The first-order chi connectivity index (χ1) is 8.86. The first kappa shape index (κ1) is 13.3. The number of esters is 1. The number of hydrogen-bond donors (Lipinski definition) is 0. The smallest absolute Gasteiger partial charge is 0.435 e. The fourth-order valence-electron chi connectivity index (χ4n) is 1.63. The van der Waals surface area contributed by atoms with Gasteiger partial charge < -0.3 is 4.74 Å². The zero-order valence-corrected chi connectivity index (χ0v) is 9.66. The molecule has 19 heavy (non-hydrogen) atoms. The molecule has 102 valence electrons. The molecule has 0 radical (unpaired) electrons. The Morgan fingerprint density at radius 3 is 2.74 bits per heavy atom. The summed E-state index contributed by atoms with van der Waals surface area (Å²) in [4.78, 5) is 14.7. The number of alkyl halides is 3. The lowest BCUT2D eigenvalue weighted by Gasteiger charge is -2.06. The predicted molar refractivity (Wildman–Crippen MR) is 56.1 cm³/mol. The third-order valence-corrected chi connectivity index (χ3v) is 2.34. The number of pyridine rings is 1. The van der Waals surface area contributed by atoms with Crippen LogP contribution < -0.4 is 0 Å². The van der Waals surface area contributed by atoms with Gasteiger partial charge in [-0.05, 0) is 19.1 Å². The van der Waals surface area contributed by atoms with Gasteiger partial charge >= 0.3 is 12.1 Å². The van der Waals surface area contributed by atoms with Crippen molar-refractivity contribution in [3.8, 4) is 0 Å². The minimum atomic E-state index is -4.87. The molecule has 0 aromatic carbocycles. The van der Waals surface area contributed by atoms with Crippen molar-refractivity contribution < 1.29 is 27.1 Å². The van der Waals surface area contributed by atoms with Gasteiger partial charge in [0.2, 0.25) is 0 Å². The number of rotatable bonds is 2. The lowest BCUT2D eigenvalue weighted by Crippen LogP contribution is -2.16. The topological polar surface area (TPSA) is 43.6 Å². The van der Waals surface area contributed by atoms with Crippen molar-refractivity contribution in [1.29, 1.82) is 0 Å². The Morgan fingerprint density at radius 2 is 2.16 bits per heavy atom. The van der Waals surface area contributed by atoms with E-state index in [4.69, 9.17) is 0 Å². The molecule has 8 heteroatoms. The number of nitrogens with zero attached hydrogens (tertiary/aromatic N) is 2. The molecule has 0 aliphatic rings. The zero-order chi connectivity index (χ0) is 14.2. The maximum Gasteiger partial charge on any atom is 0.435 e. The van der Waals surface area contributed by atoms with Crippen molar-refractivity contribution in [3.63, 3.8) is 0 Å². The molecule has 0 aliphatic carbocycles. The normalized spacial score (nSPS) is 11.8. The molecule has 0 spiro atoms. The van der Waals surface area contributed by atoms with Gasteiger partial charge in [-0.15, -0.1) is 0 Å². The molecule has 0 fully saturated rings. The van der Waals surface area contributed by atoms with E-state index < -0.39 is 35.0 Å². The molecule has 0 aliphatic heterocycles. The summed E-state index contributed by atoms with van der Waals surface area (Å²) < 4.78 is 57.1. The van der Waals surface area contributed by atoms with Crippen LogP contribution >= 0.6 is 0 Å². The fourth-order valence-corrected chi connectivity index (χ4v) is 1.63. The number of halogens is 4. The van der Waals surface area contributed by atoms with E-state index in [2.05, 4.69) is 9.72 Å². The van der Waals surface area contributed by atoms with Crippen molar-refractivity contribution in [2.45, 2.75) is 13.1 Å². The molecule has 2 rings (SSSR count). The number of hydrogen-bond acceptors (Lipinski definition) is 3. The molecule has 2 aromatic rings. The second-order valence-electron chi connectivity index (χ2n) is 3.58. The van der Waals surface area contributed by atoms with Gasteiger partial charge in [-0.1, -0.05) is 0 Å². The SMILES string of the molecule is CCOC(=O)c1c(C(F)(F)F)nc2c(F)cccn12. The minimum absolute atomic E-state index is 0.0985. The highest BCUT2D eigenvalue weighted by Crippen LogP contribution is 2.32. The van der Waals surface area contributed by atoms with Crippen LogP contribution in [-0.2, 0) is 10.9 Å². The van der Waals surface area contributed by atoms with E-state index in [1.165, 1.54) is 13.0 Å². The Hall–Kier alpha value is -2.12. The highest BCUT2D eigenvalue weighted by atomic mass is 19.4. The number of ether oxygens (including phenoxy) is 1. The van der Waals surface area contributed by atoms with E-state index in [0.29, 0.717) is 0 Å². The summed E-state index contributed by atoms with van der Waals surface area (Å²) in [7, 11) is 0. The summed E-state index contributed by atoms with van der Waals surface area (Å²) in [5.41, 5.74) is -2.86. The van der Waals surface area contributed by atoms with Crippen molar-refractivity contribution >= 4 is 11.6 Å². The first-order valence-electron chi connectivity index (χ1n) is 5.27. The molecule has 0 unspecified atom stereocenters. The molecule has 0 atom stereocenters. The lowest BCUT2D eigenvalue weighted by molar-refractivity contribution is -0.141. The van der Waals surface area contributed by atoms with Crippen LogP contribution in [0.2, 0.25) is 0 Å². The lowest BCUT2D eigenvalue weighted by atomic mass is 10.3. The van der Waals surface area contributed by atoms with E-state index >= 15 is 0 Å². The molecule has 0 N–H and O–H groups in total. The number of carbonyl (C=O) groups is 1. The Labute approximate surface area is 104 Å². The van der Waals surface area contributed by atoms with E-state index in [1.54, 1.807) is 0 Å². The number of imidazole rings is 1. The third kappa shape index (κ3) is 2.25. The zero-order valence-electron chi connectivity index (χ0n) is 9.66.